The zero-order valence-electron chi connectivity index (χ0n) is 11.3. The molecule has 0 aliphatic rings. The Balaban J connectivity index is 2.27. The standard InChI is InChI=1S/C11H16N6O2/c1-6-9(7(2)14-13-6)5-12-11-10(17(18)19)8(3)15-16(11)4/h12H,5H2,1-4H3,(H,13,14). The monoisotopic (exact) mass is 264 g/mol. The zero-order chi connectivity index (χ0) is 14.2. The van der Waals surface area contributed by atoms with Crippen molar-refractivity contribution < 1.29 is 4.92 Å². The van der Waals surface area contributed by atoms with Gasteiger partial charge in [-0.15, -0.1) is 0 Å². The fraction of sp³-hybridized carbons (Fsp3) is 0.455. The SMILES string of the molecule is Cc1n[nH]c(C)c1CNc1c([N+](=O)[O-])c(C)nn1C. The lowest BCUT2D eigenvalue weighted by atomic mass is 10.2. The van der Waals surface area contributed by atoms with Crippen molar-refractivity contribution in [3.05, 3.63) is 32.8 Å². The first-order valence-corrected chi connectivity index (χ1v) is 5.84. The fourth-order valence-electron chi connectivity index (χ4n) is 2.07. The Hall–Kier alpha value is -2.38. The Morgan fingerprint density at radius 2 is 2.05 bits per heavy atom. The van der Waals surface area contributed by atoms with Gasteiger partial charge in [-0.25, -0.2) is 4.68 Å². The minimum absolute atomic E-state index is 0.0151. The Bertz CT molecular complexity index is 608. The number of hydrogen-bond donors (Lipinski definition) is 2. The quantitative estimate of drug-likeness (QED) is 0.645. The third kappa shape index (κ3) is 2.28. The Labute approximate surface area is 110 Å². The Morgan fingerprint density at radius 3 is 2.58 bits per heavy atom. The molecule has 8 nitrogen and oxygen atoms in total. The van der Waals surface area contributed by atoms with E-state index in [1.165, 1.54) is 4.68 Å². The largest absolute Gasteiger partial charge is 0.360 e. The summed E-state index contributed by atoms with van der Waals surface area (Å²) < 4.78 is 1.48. The van der Waals surface area contributed by atoms with Gasteiger partial charge < -0.3 is 5.32 Å². The van der Waals surface area contributed by atoms with Crippen molar-refractivity contribution in [3.8, 4) is 0 Å². The van der Waals surface area contributed by atoms with Crippen molar-refractivity contribution in [2.45, 2.75) is 27.3 Å². The lowest BCUT2D eigenvalue weighted by Crippen LogP contribution is -2.07. The highest BCUT2D eigenvalue weighted by atomic mass is 16.6. The van der Waals surface area contributed by atoms with Crippen LogP contribution in [0.2, 0.25) is 0 Å². The van der Waals surface area contributed by atoms with E-state index >= 15 is 0 Å². The third-order valence-corrected chi connectivity index (χ3v) is 3.09. The van der Waals surface area contributed by atoms with Gasteiger partial charge in [0.25, 0.3) is 0 Å². The summed E-state index contributed by atoms with van der Waals surface area (Å²) >= 11 is 0. The molecular formula is C11H16N6O2. The van der Waals surface area contributed by atoms with Crippen molar-refractivity contribution in [2.75, 3.05) is 5.32 Å². The topological polar surface area (TPSA) is 102 Å². The van der Waals surface area contributed by atoms with Crippen LogP contribution < -0.4 is 5.32 Å². The van der Waals surface area contributed by atoms with Crippen LogP contribution in [-0.4, -0.2) is 24.9 Å². The highest BCUT2D eigenvalue weighted by Gasteiger charge is 2.24. The number of hydrogen-bond acceptors (Lipinski definition) is 5. The molecule has 0 aliphatic heterocycles. The van der Waals surface area contributed by atoms with E-state index in [9.17, 15) is 10.1 Å². The third-order valence-electron chi connectivity index (χ3n) is 3.09. The molecule has 19 heavy (non-hydrogen) atoms. The number of H-pyrrole nitrogens is 1. The molecule has 0 aliphatic carbocycles. The van der Waals surface area contributed by atoms with Gasteiger partial charge in [0.2, 0.25) is 5.82 Å². The smallest absolute Gasteiger partial charge is 0.333 e. The Morgan fingerprint density at radius 1 is 1.37 bits per heavy atom. The van der Waals surface area contributed by atoms with Gasteiger partial charge in [0.05, 0.1) is 10.6 Å². The van der Waals surface area contributed by atoms with Gasteiger partial charge >= 0.3 is 5.69 Å². The van der Waals surface area contributed by atoms with Crippen LogP contribution in [0.1, 0.15) is 22.6 Å². The van der Waals surface area contributed by atoms with Crippen LogP contribution in [0.4, 0.5) is 11.5 Å². The summed E-state index contributed by atoms with van der Waals surface area (Å²) in [6, 6.07) is 0. The molecule has 0 spiro atoms. The maximum Gasteiger partial charge on any atom is 0.333 e. The molecule has 0 unspecified atom stereocenters. The summed E-state index contributed by atoms with van der Waals surface area (Å²) in [4.78, 5) is 10.6. The van der Waals surface area contributed by atoms with Crippen LogP contribution in [0.15, 0.2) is 0 Å². The molecule has 0 radical (unpaired) electrons. The molecular weight excluding hydrogens is 248 g/mol. The van der Waals surface area contributed by atoms with Crippen molar-refractivity contribution in [3.63, 3.8) is 0 Å². The molecule has 0 fully saturated rings. The zero-order valence-corrected chi connectivity index (χ0v) is 11.3. The van der Waals surface area contributed by atoms with E-state index in [2.05, 4.69) is 20.6 Å². The molecule has 8 heteroatoms. The van der Waals surface area contributed by atoms with E-state index in [1.807, 2.05) is 13.8 Å². The molecule has 0 saturated carbocycles. The lowest BCUT2D eigenvalue weighted by Gasteiger charge is -2.06. The number of nitro groups is 1. The first-order valence-electron chi connectivity index (χ1n) is 5.84. The number of aromatic nitrogens is 4. The molecule has 2 aromatic rings. The number of nitrogens with one attached hydrogen (secondary N) is 2. The highest BCUT2D eigenvalue weighted by molar-refractivity contribution is 5.59. The second kappa shape index (κ2) is 4.71. The van der Waals surface area contributed by atoms with Crippen molar-refractivity contribution in [1.82, 2.24) is 20.0 Å². The Kier molecular flexibility index (Phi) is 3.24. The van der Waals surface area contributed by atoms with Crippen molar-refractivity contribution in [2.24, 2.45) is 7.05 Å². The number of aromatic amines is 1. The van der Waals surface area contributed by atoms with Gasteiger partial charge in [-0.3, -0.25) is 15.2 Å². The average molecular weight is 264 g/mol. The van der Waals surface area contributed by atoms with Crippen LogP contribution in [0.5, 0.6) is 0 Å². The number of anilines is 1. The van der Waals surface area contributed by atoms with Gasteiger partial charge in [0.1, 0.15) is 5.69 Å². The van der Waals surface area contributed by atoms with Gasteiger partial charge in [-0.05, 0) is 20.8 Å². The summed E-state index contributed by atoms with van der Waals surface area (Å²) in [6.45, 7) is 5.90. The predicted octanol–water partition coefficient (Wildman–Crippen LogP) is 1.59. The van der Waals surface area contributed by atoms with E-state index in [0.29, 0.717) is 18.1 Å². The first kappa shape index (κ1) is 13.1. The fourth-order valence-corrected chi connectivity index (χ4v) is 2.07. The predicted molar refractivity (Wildman–Crippen MR) is 70.0 cm³/mol. The molecule has 2 rings (SSSR count). The van der Waals surface area contributed by atoms with E-state index in [4.69, 9.17) is 0 Å². The summed E-state index contributed by atoms with van der Waals surface area (Å²) in [7, 11) is 1.68. The molecule has 0 bridgehead atoms. The van der Waals surface area contributed by atoms with Crippen LogP contribution >= 0.6 is 0 Å². The minimum atomic E-state index is -0.417. The molecule has 102 valence electrons. The number of aryl methyl sites for hydroxylation is 4. The van der Waals surface area contributed by atoms with E-state index in [1.54, 1.807) is 14.0 Å². The highest BCUT2D eigenvalue weighted by Crippen LogP contribution is 2.27. The van der Waals surface area contributed by atoms with Crippen LogP contribution in [0.25, 0.3) is 0 Å². The summed E-state index contributed by atoms with van der Waals surface area (Å²) in [5, 5.41) is 25.2. The molecule has 0 atom stereocenters. The maximum absolute atomic E-state index is 11.0. The molecule has 2 aromatic heterocycles. The van der Waals surface area contributed by atoms with Gasteiger partial charge in [0, 0.05) is 24.8 Å². The molecule has 0 amide bonds. The van der Waals surface area contributed by atoms with Crippen LogP contribution in [0.3, 0.4) is 0 Å². The summed E-state index contributed by atoms with van der Waals surface area (Å²) in [5.41, 5.74) is 3.25. The maximum atomic E-state index is 11.0. The molecule has 2 N–H and O–H groups in total. The van der Waals surface area contributed by atoms with Gasteiger partial charge in [-0.2, -0.15) is 10.2 Å². The second-order valence-corrected chi connectivity index (χ2v) is 4.43. The molecule has 0 aromatic carbocycles. The van der Waals surface area contributed by atoms with E-state index < -0.39 is 4.92 Å². The van der Waals surface area contributed by atoms with Gasteiger partial charge in [-0.1, -0.05) is 0 Å². The summed E-state index contributed by atoms with van der Waals surface area (Å²) in [6.07, 6.45) is 0. The van der Waals surface area contributed by atoms with Crippen molar-refractivity contribution in [1.29, 1.82) is 0 Å². The first-order chi connectivity index (χ1) is 8.91. The van der Waals surface area contributed by atoms with Crippen LogP contribution in [0, 0.1) is 30.9 Å². The minimum Gasteiger partial charge on any atom is -0.360 e. The molecule has 0 saturated heterocycles. The van der Waals surface area contributed by atoms with E-state index in [0.717, 1.165) is 17.0 Å². The average Bonchev–Trinajstić information content (AvgIpc) is 2.77. The number of rotatable bonds is 4. The lowest BCUT2D eigenvalue weighted by molar-refractivity contribution is -0.384. The van der Waals surface area contributed by atoms with E-state index in [-0.39, 0.29) is 5.69 Å². The number of nitrogens with zero attached hydrogens (tertiary/aromatic N) is 4. The van der Waals surface area contributed by atoms with Gasteiger partial charge in [0.15, 0.2) is 0 Å². The van der Waals surface area contributed by atoms with Crippen LogP contribution in [-0.2, 0) is 13.6 Å². The molecule has 2 heterocycles. The van der Waals surface area contributed by atoms with Crippen molar-refractivity contribution >= 4 is 11.5 Å². The normalized spacial score (nSPS) is 10.7. The second-order valence-electron chi connectivity index (χ2n) is 4.43. The summed E-state index contributed by atoms with van der Waals surface area (Å²) in [5.74, 6) is 0.405.